The molecule has 0 aromatic heterocycles. The molecule has 0 aliphatic carbocycles. The van der Waals surface area contributed by atoms with Crippen molar-refractivity contribution >= 4 is 21.5 Å². The van der Waals surface area contributed by atoms with Crippen molar-refractivity contribution in [2.45, 2.75) is 20.0 Å². The topological polar surface area (TPSA) is 3.24 Å². The van der Waals surface area contributed by atoms with Gasteiger partial charge in [-0.05, 0) is 39.2 Å². The van der Waals surface area contributed by atoms with E-state index in [1.54, 1.807) is 0 Å². The molecule has 0 radical (unpaired) electrons. The molecule has 94 valence electrons. The summed E-state index contributed by atoms with van der Waals surface area (Å²) in [5.74, 6) is 0. The first-order valence-electron chi connectivity index (χ1n) is 7.02. The second-order valence-electron chi connectivity index (χ2n) is 5.35. The maximum Gasteiger partial charge on any atom is 0.0246 e. The second-order valence-corrected chi connectivity index (χ2v) is 5.35. The van der Waals surface area contributed by atoms with Crippen molar-refractivity contribution in [1.82, 2.24) is 4.90 Å². The molecule has 3 aromatic carbocycles. The predicted octanol–water partition coefficient (Wildman–Crippen LogP) is 4.33. The Kier molecular flexibility index (Phi) is 2.36. The van der Waals surface area contributed by atoms with Gasteiger partial charge in [-0.15, -0.1) is 0 Å². The molecule has 1 nitrogen and oxygen atoms in total. The standard InChI is InChI=1S/C18H17N/c1-2-19-11-17-15-9-5-3-7-13(15)14-8-4-6-10-16(14)18(17)12-19/h3-10H,2,11-12H2,1H3. The van der Waals surface area contributed by atoms with Gasteiger partial charge in [0, 0.05) is 13.1 Å². The summed E-state index contributed by atoms with van der Waals surface area (Å²) in [5, 5.41) is 5.67. The Hall–Kier alpha value is -1.86. The minimum atomic E-state index is 1.09. The molecule has 4 rings (SSSR count). The summed E-state index contributed by atoms with van der Waals surface area (Å²) in [7, 11) is 0. The van der Waals surface area contributed by atoms with Crippen LogP contribution in [0.3, 0.4) is 0 Å². The number of hydrogen-bond donors (Lipinski definition) is 0. The predicted molar refractivity (Wildman–Crippen MR) is 81.2 cm³/mol. The van der Waals surface area contributed by atoms with E-state index in [2.05, 4.69) is 60.4 Å². The van der Waals surface area contributed by atoms with Crippen molar-refractivity contribution in [2.75, 3.05) is 6.54 Å². The van der Waals surface area contributed by atoms with E-state index in [0.717, 1.165) is 19.6 Å². The smallest absolute Gasteiger partial charge is 0.0246 e. The minimum absolute atomic E-state index is 1.09. The largest absolute Gasteiger partial charge is 0.295 e. The van der Waals surface area contributed by atoms with Crippen molar-refractivity contribution in [3.05, 3.63) is 59.7 Å². The number of fused-ring (bicyclic) bond motifs is 6. The number of hydrogen-bond acceptors (Lipinski definition) is 1. The number of rotatable bonds is 1. The van der Waals surface area contributed by atoms with Gasteiger partial charge in [-0.2, -0.15) is 0 Å². The van der Waals surface area contributed by atoms with Gasteiger partial charge >= 0.3 is 0 Å². The molecule has 1 heterocycles. The van der Waals surface area contributed by atoms with E-state index in [4.69, 9.17) is 0 Å². The van der Waals surface area contributed by atoms with Gasteiger partial charge in [-0.3, -0.25) is 4.90 Å². The average Bonchev–Trinajstić information content (AvgIpc) is 2.92. The Morgan fingerprint density at radius 1 is 0.737 bits per heavy atom. The van der Waals surface area contributed by atoms with Gasteiger partial charge in [0.1, 0.15) is 0 Å². The maximum atomic E-state index is 2.52. The summed E-state index contributed by atoms with van der Waals surface area (Å²) in [6, 6.07) is 17.7. The highest BCUT2D eigenvalue weighted by Crippen LogP contribution is 2.37. The summed E-state index contributed by atoms with van der Waals surface area (Å²) in [6.07, 6.45) is 0. The molecular formula is C18H17N. The third-order valence-electron chi connectivity index (χ3n) is 4.37. The fraction of sp³-hybridized carbons (Fsp3) is 0.222. The molecule has 0 unspecified atom stereocenters. The van der Waals surface area contributed by atoms with Crippen LogP contribution in [0.5, 0.6) is 0 Å². The van der Waals surface area contributed by atoms with Gasteiger partial charge in [-0.25, -0.2) is 0 Å². The normalized spacial score (nSPS) is 15.2. The quantitative estimate of drug-likeness (QED) is 0.579. The molecule has 1 aliphatic rings. The van der Waals surface area contributed by atoms with Crippen LogP contribution in [-0.4, -0.2) is 11.4 Å². The first-order chi connectivity index (χ1) is 9.38. The molecule has 3 aromatic rings. The molecule has 0 N–H and O–H groups in total. The summed E-state index contributed by atoms with van der Waals surface area (Å²) in [4.78, 5) is 2.52. The van der Waals surface area contributed by atoms with Gasteiger partial charge in [0.15, 0.2) is 0 Å². The Morgan fingerprint density at radius 2 is 1.16 bits per heavy atom. The molecule has 19 heavy (non-hydrogen) atoms. The van der Waals surface area contributed by atoms with Crippen LogP contribution in [-0.2, 0) is 13.1 Å². The van der Waals surface area contributed by atoms with Gasteiger partial charge in [0.25, 0.3) is 0 Å². The maximum absolute atomic E-state index is 2.52. The Balaban J connectivity index is 2.17. The summed E-state index contributed by atoms with van der Waals surface area (Å²) in [5.41, 5.74) is 3.08. The van der Waals surface area contributed by atoms with Crippen LogP contribution < -0.4 is 0 Å². The molecule has 0 saturated carbocycles. The molecule has 0 fully saturated rings. The monoisotopic (exact) mass is 247 g/mol. The molecule has 0 atom stereocenters. The van der Waals surface area contributed by atoms with Gasteiger partial charge in [0.2, 0.25) is 0 Å². The van der Waals surface area contributed by atoms with Crippen molar-refractivity contribution in [3.8, 4) is 0 Å². The highest BCUT2D eigenvalue weighted by atomic mass is 15.1. The van der Waals surface area contributed by atoms with Crippen molar-refractivity contribution in [3.63, 3.8) is 0 Å². The van der Waals surface area contributed by atoms with Crippen LogP contribution >= 0.6 is 0 Å². The zero-order valence-electron chi connectivity index (χ0n) is 11.2. The zero-order valence-corrected chi connectivity index (χ0v) is 11.2. The van der Waals surface area contributed by atoms with Gasteiger partial charge in [0.05, 0.1) is 0 Å². The van der Waals surface area contributed by atoms with E-state index < -0.39 is 0 Å². The fourth-order valence-electron chi connectivity index (χ4n) is 3.38. The molecule has 0 amide bonds. The second kappa shape index (κ2) is 4.07. The van der Waals surface area contributed by atoms with Crippen molar-refractivity contribution in [1.29, 1.82) is 0 Å². The van der Waals surface area contributed by atoms with Crippen LogP contribution in [0.1, 0.15) is 18.1 Å². The van der Waals surface area contributed by atoms with E-state index in [1.807, 2.05) is 0 Å². The van der Waals surface area contributed by atoms with Gasteiger partial charge in [-0.1, -0.05) is 55.5 Å². The summed E-state index contributed by atoms with van der Waals surface area (Å²) >= 11 is 0. The lowest BCUT2D eigenvalue weighted by Crippen LogP contribution is -2.14. The van der Waals surface area contributed by atoms with Crippen molar-refractivity contribution < 1.29 is 0 Å². The number of nitrogens with zero attached hydrogens (tertiary/aromatic N) is 1. The third-order valence-corrected chi connectivity index (χ3v) is 4.37. The lowest BCUT2D eigenvalue weighted by Gasteiger charge is -2.10. The Bertz CT molecular complexity index is 708. The van der Waals surface area contributed by atoms with E-state index in [0.29, 0.717) is 0 Å². The molecule has 0 saturated heterocycles. The average molecular weight is 247 g/mol. The zero-order chi connectivity index (χ0) is 12.8. The van der Waals surface area contributed by atoms with Gasteiger partial charge < -0.3 is 0 Å². The number of benzene rings is 3. The highest BCUT2D eigenvalue weighted by Gasteiger charge is 2.22. The molecule has 0 bridgehead atoms. The molecule has 0 spiro atoms. The van der Waals surface area contributed by atoms with Crippen LogP contribution in [0, 0.1) is 0 Å². The molecule has 1 aliphatic heterocycles. The fourth-order valence-corrected chi connectivity index (χ4v) is 3.38. The lowest BCUT2D eigenvalue weighted by atomic mass is 9.93. The lowest BCUT2D eigenvalue weighted by molar-refractivity contribution is 0.302. The summed E-state index contributed by atoms with van der Waals surface area (Å²) < 4.78 is 0. The van der Waals surface area contributed by atoms with E-state index in [-0.39, 0.29) is 0 Å². The van der Waals surface area contributed by atoms with Crippen LogP contribution in [0.4, 0.5) is 0 Å². The Morgan fingerprint density at radius 3 is 1.58 bits per heavy atom. The minimum Gasteiger partial charge on any atom is -0.295 e. The summed E-state index contributed by atoms with van der Waals surface area (Å²) in [6.45, 7) is 5.56. The molecule has 1 heteroatoms. The van der Waals surface area contributed by atoms with E-state index >= 15 is 0 Å². The van der Waals surface area contributed by atoms with Crippen LogP contribution in [0.2, 0.25) is 0 Å². The molecular weight excluding hydrogens is 230 g/mol. The van der Waals surface area contributed by atoms with Crippen molar-refractivity contribution in [2.24, 2.45) is 0 Å². The Labute approximate surface area is 113 Å². The first kappa shape index (κ1) is 11.0. The van der Waals surface area contributed by atoms with E-state index in [1.165, 1.54) is 32.7 Å². The van der Waals surface area contributed by atoms with Crippen LogP contribution in [0.25, 0.3) is 21.5 Å². The van der Waals surface area contributed by atoms with Crippen LogP contribution in [0.15, 0.2) is 48.5 Å². The SMILES string of the molecule is CCN1Cc2c(c3ccccc3c3ccccc23)C1. The third kappa shape index (κ3) is 1.52. The first-order valence-corrected chi connectivity index (χ1v) is 7.02. The highest BCUT2D eigenvalue weighted by molar-refractivity contribution is 6.10. The van der Waals surface area contributed by atoms with E-state index in [9.17, 15) is 0 Å².